The van der Waals surface area contributed by atoms with E-state index in [-0.39, 0.29) is 0 Å². The minimum atomic E-state index is 0.378. The van der Waals surface area contributed by atoms with E-state index in [9.17, 15) is 0 Å². The zero-order valence-electron chi connectivity index (χ0n) is 8.13. The van der Waals surface area contributed by atoms with Gasteiger partial charge in [-0.05, 0) is 23.0 Å². The van der Waals surface area contributed by atoms with Gasteiger partial charge < -0.3 is 5.32 Å². The molecule has 0 atom stereocenters. The first-order valence-electron chi connectivity index (χ1n) is 4.31. The molecule has 0 aliphatic rings. The average Bonchev–Trinajstić information content (AvgIpc) is 2.08. The summed E-state index contributed by atoms with van der Waals surface area (Å²) in [4.78, 5) is 8.68. The van der Waals surface area contributed by atoms with Crippen LogP contribution in [-0.4, -0.2) is 17.0 Å². The molecule has 0 amide bonds. The van der Waals surface area contributed by atoms with Gasteiger partial charge in [-0.2, -0.15) is 0 Å². The molecule has 1 rings (SSSR count). The van der Waals surface area contributed by atoms with Crippen LogP contribution in [0.15, 0.2) is 10.7 Å². The van der Waals surface area contributed by atoms with Crippen molar-refractivity contribution in [3.8, 4) is 0 Å². The number of hydrogen-bond acceptors (Lipinski definition) is 3. The Bertz CT molecular complexity index is 286. The Hall–Kier alpha value is -0.480. The summed E-state index contributed by atoms with van der Waals surface area (Å²) in [7, 11) is 1.91. The van der Waals surface area contributed by atoms with Crippen LogP contribution in [0.1, 0.15) is 31.3 Å². The summed E-state index contributed by atoms with van der Waals surface area (Å²) in [5.74, 6) is 1.28. The number of aromatic nitrogens is 2. The van der Waals surface area contributed by atoms with Crippen LogP contribution in [0, 0.1) is 0 Å². The van der Waals surface area contributed by atoms with Gasteiger partial charge in [0.1, 0.15) is 5.82 Å². The van der Waals surface area contributed by atoms with Gasteiger partial charge in [0.2, 0.25) is 0 Å². The maximum absolute atomic E-state index is 4.44. The molecule has 0 fully saturated rings. The second-order valence-electron chi connectivity index (χ2n) is 3.21. The summed E-state index contributed by atoms with van der Waals surface area (Å²) < 4.78 is 0.964. The van der Waals surface area contributed by atoms with Crippen molar-refractivity contribution in [3.63, 3.8) is 0 Å². The number of hydrogen-bond donors (Lipinski definition) is 1. The van der Waals surface area contributed by atoms with E-state index < -0.39 is 0 Å². The van der Waals surface area contributed by atoms with Gasteiger partial charge in [0.05, 0.1) is 10.2 Å². The summed E-state index contributed by atoms with van der Waals surface area (Å²) in [6, 6.07) is 0. The normalized spacial score (nSPS) is 10.8. The molecular weight excluding hydrogens is 230 g/mol. The molecule has 0 bridgehead atoms. The Kier molecular flexibility index (Phi) is 3.81. The fourth-order valence-corrected chi connectivity index (χ4v) is 1.32. The first-order chi connectivity index (χ1) is 6.15. The van der Waals surface area contributed by atoms with E-state index >= 15 is 0 Å². The first-order valence-corrected chi connectivity index (χ1v) is 5.10. The van der Waals surface area contributed by atoms with Gasteiger partial charge in [-0.15, -0.1) is 0 Å². The highest BCUT2D eigenvalue weighted by Crippen LogP contribution is 2.16. The van der Waals surface area contributed by atoms with Gasteiger partial charge in [0, 0.05) is 18.7 Å². The molecular formula is C9H14BrN3. The van der Waals surface area contributed by atoms with Crippen LogP contribution in [0.5, 0.6) is 0 Å². The van der Waals surface area contributed by atoms with E-state index in [1.807, 2.05) is 13.2 Å². The number of nitrogens with one attached hydrogen (secondary N) is 1. The molecule has 0 aliphatic heterocycles. The zero-order valence-corrected chi connectivity index (χ0v) is 9.72. The van der Waals surface area contributed by atoms with Gasteiger partial charge in [-0.3, -0.25) is 0 Å². The van der Waals surface area contributed by atoms with Gasteiger partial charge in [-0.25, -0.2) is 9.97 Å². The topological polar surface area (TPSA) is 37.8 Å². The Balaban J connectivity index is 2.97. The van der Waals surface area contributed by atoms with Crippen LogP contribution in [0.4, 0.5) is 0 Å². The Morgan fingerprint density at radius 2 is 2.23 bits per heavy atom. The highest BCUT2D eigenvalue weighted by atomic mass is 79.9. The first kappa shape index (κ1) is 10.6. The molecule has 1 heterocycles. The Labute approximate surface area is 87.1 Å². The van der Waals surface area contributed by atoms with E-state index in [1.54, 1.807) is 0 Å². The fourth-order valence-electron chi connectivity index (χ4n) is 0.987. The standard InChI is InChI=1S/C9H14BrN3/c1-6(2)9-12-4-7(10)8(13-9)5-11-3/h4,6,11H,5H2,1-3H3. The lowest BCUT2D eigenvalue weighted by molar-refractivity contribution is 0.722. The molecule has 72 valence electrons. The van der Waals surface area contributed by atoms with Gasteiger partial charge in [-0.1, -0.05) is 13.8 Å². The van der Waals surface area contributed by atoms with E-state index in [0.29, 0.717) is 5.92 Å². The second kappa shape index (κ2) is 4.67. The van der Waals surface area contributed by atoms with E-state index in [2.05, 4.69) is 45.1 Å². The van der Waals surface area contributed by atoms with Crippen LogP contribution in [0.25, 0.3) is 0 Å². The molecule has 0 saturated heterocycles. The third-order valence-electron chi connectivity index (χ3n) is 1.70. The molecule has 0 spiro atoms. The number of halogens is 1. The van der Waals surface area contributed by atoms with Gasteiger partial charge in [0.15, 0.2) is 0 Å². The lowest BCUT2D eigenvalue weighted by atomic mass is 10.2. The molecule has 3 nitrogen and oxygen atoms in total. The monoisotopic (exact) mass is 243 g/mol. The molecule has 1 aromatic heterocycles. The highest BCUT2D eigenvalue weighted by molar-refractivity contribution is 9.10. The summed E-state index contributed by atoms with van der Waals surface area (Å²) in [6.45, 7) is 4.95. The van der Waals surface area contributed by atoms with Crippen molar-refractivity contribution in [1.29, 1.82) is 0 Å². The Morgan fingerprint density at radius 3 is 2.77 bits per heavy atom. The van der Waals surface area contributed by atoms with Gasteiger partial charge >= 0.3 is 0 Å². The zero-order chi connectivity index (χ0) is 9.84. The largest absolute Gasteiger partial charge is 0.314 e. The van der Waals surface area contributed by atoms with Crippen molar-refractivity contribution in [3.05, 3.63) is 22.2 Å². The molecule has 0 radical (unpaired) electrons. The van der Waals surface area contributed by atoms with Crippen molar-refractivity contribution in [2.75, 3.05) is 7.05 Å². The molecule has 13 heavy (non-hydrogen) atoms. The highest BCUT2D eigenvalue weighted by Gasteiger charge is 2.06. The van der Waals surface area contributed by atoms with E-state index in [0.717, 1.165) is 22.5 Å². The third-order valence-corrected chi connectivity index (χ3v) is 2.36. The lowest BCUT2D eigenvalue weighted by Gasteiger charge is -2.07. The van der Waals surface area contributed by atoms with Crippen molar-refractivity contribution >= 4 is 15.9 Å². The van der Waals surface area contributed by atoms with E-state index in [4.69, 9.17) is 0 Å². The molecule has 0 unspecified atom stereocenters. The summed E-state index contributed by atoms with van der Waals surface area (Å²) in [5, 5.41) is 3.07. The lowest BCUT2D eigenvalue weighted by Crippen LogP contribution is -2.10. The van der Waals surface area contributed by atoms with Crippen LogP contribution in [0.2, 0.25) is 0 Å². The summed E-state index contributed by atoms with van der Waals surface area (Å²) in [5.41, 5.74) is 1.02. The smallest absolute Gasteiger partial charge is 0.131 e. The van der Waals surface area contributed by atoms with Gasteiger partial charge in [0.25, 0.3) is 0 Å². The third kappa shape index (κ3) is 2.74. The van der Waals surface area contributed by atoms with Crippen molar-refractivity contribution in [2.45, 2.75) is 26.3 Å². The predicted molar refractivity (Wildman–Crippen MR) is 56.6 cm³/mol. The molecule has 1 N–H and O–H groups in total. The predicted octanol–water partition coefficient (Wildman–Crippen LogP) is 2.08. The van der Waals surface area contributed by atoms with E-state index in [1.165, 1.54) is 0 Å². The summed E-state index contributed by atoms with van der Waals surface area (Å²) >= 11 is 3.42. The Morgan fingerprint density at radius 1 is 1.54 bits per heavy atom. The minimum Gasteiger partial charge on any atom is -0.314 e. The second-order valence-corrected chi connectivity index (χ2v) is 4.06. The molecule has 0 aliphatic carbocycles. The maximum Gasteiger partial charge on any atom is 0.131 e. The molecule has 4 heteroatoms. The fraction of sp³-hybridized carbons (Fsp3) is 0.556. The molecule has 1 aromatic rings. The minimum absolute atomic E-state index is 0.378. The summed E-state index contributed by atoms with van der Waals surface area (Å²) in [6.07, 6.45) is 1.81. The molecule has 0 aromatic carbocycles. The average molecular weight is 244 g/mol. The SMILES string of the molecule is CNCc1nc(C(C)C)ncc1Br. The number of rotatable bonds is 3. The van der Waals surface area contributed by atoms with Crippen molar-refractivity contribution in [2.24, 2.45) is 0 Å². The van der Waals surface area contributed by atoms with Crippen LogP contribution < -0.4 is 5.32 Å². The van der Waals surface area contributed by atoms with Crippen molar-refractivity contribution < 1.29 is 0 Å². The quantitative estimate of drug-likeness (QED) is 0.884. The van der Waals surface area contributed by atoms with Crippen LogP contribution >= 0.6 is 15.9 Å². The van der Waals surface area contributed by atoms with Crippen LogP contribution in [0.3, 0.4) is 0 Å². The maximum atomic E-state index is 4.44. The van der Waals surface area contributed by atoms with Crippen molar-refractivity contribution in [1.82, 2.24) is 15.3 Å². The number of nitrogens with zero attached hydrogens (tertiary/aromatic N) is 2. The van der Waals surface area contributed by atoms with Crippen LogP contribution in [-0.2, 0) is 6.54 Å². The molecule has 0 saturated carbocycles.